The van der Waals surface area contributed by atoms with Crippen LogP contribution in [0.15, 0.2) is 158 Å². The Balaban J connectivity index is 4.22. The Bertz CT molecular complexity index is 1920. The molecule has 0 aromatic carbocycles. The summed E-state index contributed by atoms with van der Waals surface area (Å²) >= 11 is 0. The molecule has 0 aliphatic heterocycles. The number of nitrogens with zero attached hydrogens (tertiary/aromatic N) is 1. The molecule has 83 heavy (non-hydrogen) atoms. The van der Waals surface area contributed by atoms with E-state index in [0.717, 1.165) is 141 Å². The van der Waals surface area contributed by atoms with Crippen LogP contribution in [0.4, 0.5) is 0 Å². The number of aliphatic carboxylic acids is 1. The molecule has 0 aliphatic rings. The van der Waals surface area contributed by atoms with Crippen molar-refractivity contribution in [3.8, 4) is 0 Å². The summed E-state index contributed by atoms with van der Waals surface area (Å²) in [7, 11) is 5.91. The number of carbonyl (C=O) groups is 3. The second-order valence-electron chi connectivity index (χ2n) is 22.3. The molecule has 468 valence electrons. The van der Waals surface area contributed by atoms with Crippen LogP contribution in [0.2, 0.25) is 0 Å². The molecular formula is C74H119NO8. The highest BCUT2D eigenvalue weighted by atomic mass is 16.7. The Morgan fingerprint density at radius 3 is 0.964 bits per heavy atom. The number of allylic oxidation sites excluding steroid dienone is 26. The van der Waals surface area contributed by atoms with E-state index in [1.165, 1.54) is 57.8 Å². The van der Waals surface area contributed by atoms with Gasteiger partial charge in [-0.2, -0.15) is 0 Å². The highest BCUT2D eigenvalue weighted by Gasteiger charge is 2.22. The molecule has 0 heterocycles. The van der Waals surface area contributed by atoms with Gasteiger partial charge in [-0.25, -0.2) is 0 Å². The molecule has 0 radical (unpaired) electrons. The Morgan fingerprint density at radius 1 is 0.361 bits per heavy atom. The lowest BCUT2D eigenvalue weighted by molar-refractivity contribution is -0.870. The van der Waals surface area contributed by atoms with Gasteiger partial charge in [0.15, 0.2) is 12.4 Å². The number of rotatable bonds is 58. The molecule has 0 fully saturated rings. The summed E-state index contributed by atoms with van der Waals surface area (Å²) in [5.74, 6) is -2.32. The van der Waals surface area contributed by atoms with Crippen molar-refractivity contribution in [2.45, 2.75) is 245 Å². The molecule has 0 aromatic rings. The number of carboxylic acids is 1. The average molecular weight is 1150 g/mol. The predicted molar refractivity (Wildman–Crippen MR) is 352 cm³/mol. The third-order valence-electron chi connectivity index (χ3n) is 13.3. The highest BCUT2D eigenvalue weighted by molar-refractivity contribution is 5.70. The van der Waals surface area contributed by atoms with Crippen molar-refractivity contribution in [2.75, 3.05) is 47.5 Å². The van der Waals surface area contributed by atoms with Crippen molar-refractivity contribution in [3.05, 3.63) is 158 Å². The standard InChI is InChI=1S/C74H119NO8/c1-6-8-10-12-14-16-18-20-22-24-26-28-29-30-31-32-33-34-35-36-37-38-39-40-41-42-43-45-47-49-51-53-55-57-59-61-63-65-72(77)83-70(69-82-74(73(78)79)80-67-66-75(3,4)5)68-81-71(76)64-62-60-58-56-54-52-50-48-46-44-27-25-23-21-19-17-15-13-11-9-7-2/h8-11,14-17,20-23,26-28,30-31,33-34,36-37,39-40,42-44,70,74H,6-7,12-13,18-19,24-25,29,32,35,38,41,45-69H2,1-5H3/b10-8-,11-9-,16-14-,17-15-,22-20-,23-21-,28-26-,31-30-,34-33-,37-36-,40-39-,43-42-,44-27-. The van der Waals surface area contributed by atoms with E-state index in [1.54, 1.807) is 0 Å². The van der Waals surface area contributed by atoms with Gasteiger partial charge in [-0.1, -0.05) is 255 Å². The molecule has 0 bridgehead atoms. The molecule has 9 heteroatoms. The van der Waals surface area contributed by atoms with E-state index in [1.807, 2.05) is 21.1 Å². The number of quaternary nitrogens is 1. The maximum atomic E-state index is 12.9. The molecule has 0 rings (SSSR count). The fourth-order valence-corrected chi connectivity index (χ4v) is 8.34. The van der Waals surface area contributed by atoms with Crippen LogP contribution in [0, 0.1) is 0 Å². The minimum Gasteiger partial charge on any atom is -0.545 e. The molecule has 0 saturated carbocycles. The fraction of sp³-hybridized carbons (Fsp3) is 0.608. The second-order valence-corrected chi connectivity index (χ2v) is 22.3. The van der Waals surface area contributed by atoms with Crippen molar-refractivity contribution < 1.29 is 42.9 Å². The first-order valence-corrected chi connectivity index (χ1v) is 32.6. The normalized spacial score (nSPS) is 13.8. The molecule has 0 aromatic heterocycles. The maximum absolute atomic E-state index is 12.9. The fourth-order valence-electron chi connectivity index (χ4n) is 8.34. The van der Waals surface area contributed by atoms with Crippen LogP contribution in [-0.2, 0) is 33.3 Å². The average Bonchev–Trinajstić information content (AvgIpc) is 3.46. The van der Waals surface area contributed by atoms with E-state index in [-0.39, 0.29) is 38.6 Å². The summed E-state index contributed by atoms with van der Waals surface area (Å²) in [4.78, 5) is 37.4. The van der Waals surface area contributed by atoms with Gasteiger partial charge in [0, 0.05) is 12.8 Å². The predicted octanol–water partition coefficient (Wildman–Crippen LogP) is 18.8. The first kappa shape index (κ1) is 77.9. The van der Waals surface area contributed by atoms with Gasteiger partial charge < -0.3 is 33.3 Å². The third-order valence-corrected chi connectivity index (χ3v) is 13.3. The van der Waals surface area contributed by atoms with Crippen LogP contribution in [0.1, 0.15) is 232 Å². The van der Waals surface area contributed by atoms with Gasteiger partial charge in [-0.3, -0.25) is 9.59 Å². The van der Waals surface area contributed by atoms with E-state index >= 15 is 0 Å². The summed E-state index contributed by atoms with van der Waals surface area (Å²) in [5, 5.41) is 11.8. The summed E-state index contributed by atoms with van der Waals surface area (Å²) in [5.41, 5.74) is 0. The van der Waals surface area contributed by atoms with Gasteiger partial charge in [-0.05, 0) is 122 Å². The van der Waals surface area contributed by atoms with Gasteiger partial charge in [0.1, 0.15) is 13.2 Å². The molecular weight excluding hydrogens is 1030 g/mol. The molecule has 0 amide bonds. The summed E-state index contributed by atoms with van der Waals surface area (Å²) in [6.45, 7) is 4.49. The Kier molecular flexibility index (Phi) is 59.1. The van der Waals surface area contributed by atoms with E-state index < -0.39 is 24.3 Å². The van der Waals surface area contributed by atoms with Crippen LogP contribution in [0.5, 0.6) is 0 Å². The minimum absolute atomic E-state index is 0.137. The Morgan fingerprint density at radius 2 is 0.651 bits per heavy atom. The van der Waals surface area contributed by atoms with Gasteiger partial charge in [-0.15, -0.1) is 0 Å². The minimum atomic E-state index is -1.64. The molecule has 0 spiro atoms. The third kappa shape index (κ3) is 64.3. The van der Waals surface area contributed by atoms with E-state index in [4.69, 9.17) is 18.9 Å². The molecule has 0 saturated heterocycles. The monoisotopic (exact) mass is 1150 g/mol. The van der Waals surface area contributed by atoms with Gasteiger partial charge in [0.05, 0.1) is 40.3 Å². The highest BCUT2D eigenvalue weighted by Crippen LogP contribution is 2.15. The number of carboxylic acid groups (broad SMARTS) is 1. The molecule has 2 unspecified atom stereocenters. The smallest absolute Gasteiger partial charge is 0.306 e. The summed E-state index contributed by atoms with van der Waals surface area (Å²) < 4.78 is 22.7. The first-order valence-electron chi connectivity index (χ1n) is 32.6. The lowest BCUT2D eigenvalue weighted by Crippen LogP contribution is -2.44. The second kappa shape index (κ2) is 62.9. The zero-order chi connectivity index (χ0) is 60.5. The topological polar surface area (TPSA) is 111 Å². The van der Waals surface area contributed by atoms with Crippen molar-refractivity contribution in [3.63, 3.8) is 0 Å². The van der Waals surface area contributed by atoms with Crippen LogP contribution >= 0.6 is 0 Å². The summed E-state index contributed by atoms with van der Waals surface area (Å²) in [6, 6.07) is 0. The molecule has 2 atom stereocenters. The quantitative estimate of drug-likeness (QED) is 0.0195. The lowest BCUT2D eigenvalue weighted by atomic mass is 10.1. The molecule has 9 nitrogen and oxygen atoms in total. The van der Waals surface area contributed by atoms with Crippen LogP contribution in [0.3, 0.4) is 0 Å². The lowest BCUT2D eigenvalue weighted by Gasteiger charge is -2.26. The van der Waals surface area contributed by atoms with Crippen LogP contribution in [-0.4, -0.2) is 82.3 Å². The number of likely N-dealkylation sites (N-methyl/N-ethyl adjacent to an activating group) is 1. The van der Waals surface area contributed by atoms with Crippen LogP contribution in [0.25, 0.3) is 0 Å². The number of unbranched alkanes of at least 4 members (excludes halogenated alkanes) is 17. The maximum Gasteiger partial charge on any atom is 0.306 e. The first-order chi connectivity index (χ1) is 40.6. The molecule has 0 N–H and O–H groups in total. The van der Waals surface area contributed by atoms with Gasteiger partial charge in [0.2, 0.25) is 0 Å². The van der Waals surface area contributed by atoms with Gasteiger partial charge in [0.25, 0.3) is 0 Å². The number of ether oxygens (including phenoxy) is 4. The summed E-state index contributed by atoms with van der Waals surface area (Å²) in [6.07, 6.45) is 90.1. The molecule has 0 aliphatic carbocycles. The number of esters is 2. The van der Waals surface area contributed by atoms with E-state index in [0.29, 0.717) is 17.4 Å². The zero-order valence-electron chi connectivity index (χ0n) is 53.2. The number of carbonyl (C=O) groups excluding carboxylic acids is 3. The van der Waals surface area contributed by atoms with Crippen molar-refractivity contribution >= 4 is 17.9 Å². The van der Waals surface area contributed by atoms with Crippen molar-refractivity contribution in [1.82, 2.24) is 0 Å². The Labute approximate surface area is 508 Å². The largest absolute Gasteiger partial charge is 0.545 e. The number of hydrogen-bond acceptors (Lipinski definition) is 8. The van der Waals surface area contributed by atoms with E-state index in [2.05, 4.69) is 172 Å². The van der Waals surface area contributed by atoms with Crippen molar-refractivity contribution in [1.29, 1.82) is 0 Å². The van der Waals surface area contributed by atoms with E-state index in [9.17, 15) is 19.5 Å². The number of hydrogen-bond donors (Lipinski definition) is 0. The Hall–Kier alpha value is -5.09. The zero-order valence-corrected chi connectivity index (χ0v) is 53.2. The van der Waals surface area contributed by atoms with Gasteiger partial charge >= 0.3 is 11.9 Å². The SMILES string of the molecule is CC/C=C\C/C=C\C/C=C\C/C=C\C/C=C\C/C=C\C/C=C\C/C=C\C/C=C\CCCCCCCCCCCC(=O)OC(COC(=O)CCCCCCCCCC/C=C\C/C=C\C/C=C\C/C=C\CC)COC(OCC[N+](C)(C)C)C(=O)[O-]. The van der Waals surface area contributed by atoms with Crippen LogP contribution < -0.4 is 5.11 Å². The van der Waals surface area contributed by atoms with Crippen molar-refractivity contribution in [2.24, 2.45) is 0 Å².